The van der Waals surface area contributed by atoms with Crippen molar-refractivity contribution in [3.05, 3.63) is 66.0 Å². The third-order valence-corrected chi connectivity index (χ3v) is 7.74. The molecule has 1 aromatic carbocycles. The Bertz CT molecular complexity index is 1190. The average Bonchev–Trinajstić information content (AvgIpc) is 3.05. The van der Waals surface area contributed by atoms with Crippen molar-refractivity contribution < 1.29 is 18.3 Å². The van der Waals surface area contributed by atoms with Crippen LogP contribution in [0.4, 0.5) is 0 Å². The maximum atomic E-state index is 12.8. The number of benzene rings is 1. The monoisotopic (exact) mass is 413 g/mol. The summed E-state index contributed by atoms with van der Waals surface area (Å²) in [7, 11) is -4.02. The predicted octanol–water partition coefficient (Wildman–Crippen LogP) is 2.20. The van der Waals surface area contributed by atoms with Crippen molar-refractivity contribution in [1.82, 2.24) is 14.5 Å². The first-order valence-electron chi connectivity index (χ1n) is 8.29. The lowest BCUT2D eigenvalue weighted by Crippen LogP contribution is -2.44. The van der Waals surface area contributed by atoms with Crippen LogP contribution in [0, 0.1) is 12.3 Å². The van der Waals surface area contributed by atoms with Gasteiger partial charge in [-0.25, -0.2) is 13.1 Å². The highest BCUT2D eigenvalue weighted by molar-refractivity contribution is 7.91. The van der Waals surface area contributed by atoms with Crippen molar-refractivity contribution in [2.24, 2.45) is 0 Å². The molecule has 1 saturated carbocycles. The van der Waals surface area contributed by atoms with E-state index < -0.39 is 27.4 Å². The molecule has 2 atom stereocenters. The smallest absolute Gasteiger partial charge is 0.325 e. The van der Waals surface area contributed by atoms with E-state index in [-0.39, 0.29) is 10.6 Å². The van der Waals surface area contributed by atoms with E-state index in [0.717, 1.165) is 16.9 Å². The predicted molar refractivity (Wildman–Crippen MR) is 104 cm³/mol. The number of nitrogens with zero attached hydrogens (tertiary/aromatic N) is 2. The molecular weight excluding hydrogens is 398 g/mol. The number of aromatic nitrogens is 2. The highest BCUT2D eigenvalue weighted by Gasteiger charge is 2.63. The van der Waals surface area contributed by atoms with Gasteiger partial charge in [0, 0.05) is 12.1 Å². The molecule has 1 aliphatic carbocycles. The molecule has 2 aromatic heterocycles. The maximum Gasteiger partial charge on any atom is 0.325 e. The van der Waals surface area contributed by atoms with Crippen LogP contribution in [-0.2, 0) is 14.8 Å². The van der Waals surface area contributed by atoms with Crippen molar-refractivity contribution in [1.29, 1.82) is 0 Å². The molecule has 0 saturated heterocycles. The number of carbonyl (C=O) groups is 1. The molecule has 0 aliphatic heterocycles. The van der Waals surface area contributed by atoms with Crippen LogP contribution in [0.5, 0.6) is 0 Å². The molecule has 3 aromatic rings. The molecule has 1 aliphatic rings. The molecule has 0 amide bonds. The van der Waals surface area contributed by atoms with Crippen LogP contribution in [0.3, 0.4) is 0 Å². The maximum absolute atomic E-state index is 12.8. The summed E-state index contributed by atoms with van der Waals surface area (Å²) in [6.07, 6.45) is 8.63. The van der Waals surface area contributed by atoms with Gasteiger partial charge < -0.3 is 5.11 Å². The minimum absolute atomic E-state index is 0.0135. The molecule has 142 valence electrons. The van der Waals surface area contributed by atoms with Gasteiger partial charge in [0.1, 0.15) is 14.7 Å². The lowest BCUT2D eigenvalue weighted by molar-refractivity contribution is -0.140. The van der Waals surface area contributed by atoms with Crippen LogP contribution in [-0.4, -0.2) is 34.8 Å². The summed E-state index contributed by atoms with van der Waals surface area (Å²) in [5.74, 6) is 0.852. The Balaban J connectivity index is 1.60. The van der Waals surface area contributed by atoms with E-state index in [1.165, 1.54) is 16.9 Å². The van der Waals surface area contributed by atoms with Crippen LogP contribution in [0.15, 0.2) is 59.1 Å². The van der Waals surface area contributed by atoms with E-state index in [1.54, 1.807) is 36.5 Å². The largest absolute Gasteiger partial charge is 0.480 e. The number of hydrogen-bond donors (Lipinski definition) is 2. The van der Waals surface area contributed by atoms with Crippen LogP contribution in [0.1, 0.15) is 23.5 Å². The fourth-order valence-corrected chi connectivity index (χ4v) is 5.76. The summed E-state index contributed by atoms with van der Waals surface area (Å²) in [4.78, 5) is 11.9. The minimum atomic E-state index is -4.02. The summed E-state index contributed by atoms with van der Waals surface area (Å²) in [6.45, 7) is 0. The van der Waals surface area contributed by atoms with Gasteiger partial charge in [0.2, 0.25) is 0 Å². The molecule has 1 fully saturated rings. The molecule has 0 bridgehead atoms. The molecule has 2 heterocycles. The first-order valence-corrected chi connectivity index (χ1v) is 10.6. The Morgan fingerprint density at radius 1 is 1.32 bits per heavy atom. The van der Waals surface area contributed by atoms with Crippen LogP contribution < -0.4 is 4.72 Å². The number of aliphatic carboxylic acids is 1. The third kappa shape index (κ3) is 3.11. The summed E-state index contributed by atoms with van der Waals surface area (Å²) in [6, 6.07) is 12.0. The number of thiophene rings is 1. The number of nitrogens with one attached hydrogen (secondary N) is 1. The van der Waals surface area contributed by atoms with E-state index in [9.17, 15) is 18.3 Å². The fourth-order valence-electron chi connectivity index (χ4n) is 3.13. The molecular formula is C19H15N3O4S2. The number of carboxylic acids is 1. The molecule has 7 nitrogen and oxygen atoms in total. The highest BCUT2D eigenvalue weighted by Crippen LogP contribution is 2.52. The molecule has 4 rings (SSSR count). The van der Waals surface area contributed by atoms with E-state index in [4.69, 9.17) is 6.42 Å². The quantitative estimate of drug-likeness (QED) is 0.604. The Morgan fingerprint density at radius 3 is 2.71 bits per heavy atom. The number of hydrogen-bond acceptors (Lipinski definition) is 5. The van der Waals surface area contributed by atoms with Gasteiger partial charge in [-0.05, 0) is 24.1 Å². The Labute approximate surface area is 165 Å². The van der Waals surface area contributed by atoms with Gasteiger partial charge in [0.05, 0.1) is 11.8 Å². The van der Waals surface area contributed by atoms with E-state index in [1.807, 2.05) is 6.07 Å². The molecule has 0 unspecified atom stereocenters. The fraction of sp³-hybridized carbons (Fsp3) is 0.158. The summed E-state index contributed by atoms with van der Waals surface area (Å²) < 4.78 is 29.6. The summed E-state index contributed by atoms with van der Waals surface area (Å²) in [5, 5.41) is 14.4. The number of rotatable bonds is 6. The summed E-state index contributed by atoms with van der Waals surface area (Å²) in [5.41, 5.74) is -0.172. The first-order chi connectivity index (χ1) is 13.4. The molecule has 0 radical (unpaired) electrons. The van der Waals surface area contributed by atoms with Crippen LogP contribution >= 0.6 is 11.3 Å². The Kier molecular flexibility index (Phi) is 4.34. The second kappa shape index (κ2) is 6.60. The number of carboxylic acid groups (broad SMARTS) is 1. The summed E-state index contributed by atoms with van der Waals surface area (Å²) >= 11 is 0.982. The number of sulfonamides is 1. The zero-order chi connectivity index (χ0) is 19.9. The molecule has 2 N–H and O–H groups in total. The average molecular weight is 413 g/mol. The second-order valence-electron chi connectivity index (χ2n) is 6.46. The standard InChI is InChI=1S/C19H15N3O4S2/c1-2-13-11-20-22(12-13)16-8-9-17(27-16)28(25,26)21-19(18(23)24)10-15(19)14-6-4-3-5-7-14/h1,3-9,11-12,15,21H,10H2,(H,23,24)/t15-,19-/m0/s1. The third-order valence-electron chi connectivity index (χ3n) is 4.67. The zero-order valence-electron chi connectivity index (χ0n) is 14.4. The van der Waals surface area contributed by atoms with Crippen molar-refractivity contribution in [3.63, 3.8) is 0 Å². The molecule has 0 spiro atoms. The second-order valence-corrected chi connectivity index (χ2v) is 9.43. The Morgan fingerprint density at radius 2 is 2.07 bits per heavy atom. The van der Waals surface area contributed by atoms with Gasteiger partial charge in [-0.3, -0.25) is 4.79 Å². The van der Waals surface area contributed by atoms with Crippen molar-refractivity contribution in [2.75, 3.05) is 0 Å². The van der Waals surface area contributed by atoms with Crippen molar-refractivity contribution in [2.45, 2.75) is 22.1 Å². The molecule has 28 heavy (non-hydrogen) atoms. The van der Waals surface area contributed by atoms with Crippen LogP contribution in [0.25, 0.3) is 5.00 Å². The van der Waals surface area contributed by atoms with E-state index in [0.29, 0.717) is 10.6 Å². The lowest BCUT2D eigenvalue weighted by Gasteiger charge is -2.14. The highest BCUT2D eigenvalue weighted by atomic mass is 32.2. The van der Waals surface area contributed by atoms with Crippen molar-refractivity contribution in [3.8, 4) is 17.3 Å². The number of terminal acetylenes is 1. The van der Waals surface area contributed by atoms with Crippen LogP contribution in [0.2, 0.25) is 0 Å². The molecule has 9 heteroatoms. The van der Waals surface area contributed by atoms with Gasteiger partial charge in [-0.15, -0.1) is 17.8 Å². The normalized spacial score (nSPS) is 21.2. The van der Waals surface area contributed by atoms with Gasteiger partial charge >= 0.3 is 5.97 Å². The SMILES string of the molecule is C#Cc1cnn(-c2ccc(S(=O)(=O)N[C@@]3(C(=O)O)C[C@H]3c3ccccc3)s2)c1. The minimum Gasteiger partial charge on any atom is -0.480 e. The van der Waals surface area contributed by atoms with E-state index in [2.05, 4.69) is 15.7 Å². The van der Waals surface area contributed by atoms with Gasteiger partial charge in [0.15, 0.2) is 0 Å². The zero-order valence-corrected chi connectivity index (χ0v) is 16.1. The topological polar surface area (TPSA) is 101 Å². The van der Waals surface area contributed by atoms with E-state index >= 15 is 0 Å². The Hall–Kier alpha value is -2.93. The van der Waals surface area contributed by atoms with Crippen molar-refractivity contribution >= 4 is 27.3 Å². The van der Waals surface area contributed by atoms with Gasteiger partial charge in [0.25, 0.3) is 10.0 Å². The van der Waals surface area contributed by atoms with Gasteiger partial charge in [-0.2, -0.15) is 9.82 Å². The lowest BCUT2D eigenvalue weighted by atomic mass is 10.1. The first kappa shape index (κ1) is 18.4. The van der Waals surface area contributed by atoms with Gasteiger partial charge in [-0.1, -0.05) is 36.3 Å².